The number of pyridine rings is 1. The van der Waals surface area contributed by atoms with Crippen molar-refractivity contribution in [1.29, 1.82) is 5.26 Å². The van der Waals surface area contributed by atoms with Crippen molar-refractivity contribution in [2.45, 2.75) is 58.3 Å². The van der Waals surface area contributed by atoms with Crippen molar-refractivity contribution in [2.24, 2.45) is 0 Å². The summed E-state index contributed by atoms with van der Waals surface area (Å²) in [4.78, 5) is 24.1. The smallest absolute Gasteiger partial charge is 0.236 e. The molecule has 0 aromatic carbocycles. The standard InChI is InChI=1S/C23H33N5O/c1-2-7-21-19-9-6-8-18(19)20(16-24)23(25-21)28-14-12-26(13-15-28)17-22(29)27-10-4-3-5-11-27/h2-15,17H2,1H3. The molecule has 1 aromatic rings. The number of rotatable bonds is 5. The molecule has 4 rings (SSSR count). The summed E-state index contributed by atoms with van der Waals surface area (Å²) in [6.07, 6.45) is 8.81. The van der Waals surface area contributed by atoms with Crippen LogP contribution in [0.4, 0.5) is 5.82 Å². The Morgan fingerprint density at radius 1 is 1.00 bits per heavy atom. The quantitative estimate of drug-likeness (QED) is 0.767. The third kappa shape index (κ3) is 4.25. The van der Waals surface area contributed by atoms with Crippen LogP contribution in [0.15, 0.2) is 0 Å². The van der Waals surface area contributed by atoms with Crippen LogP contribution in [0.25, 0.3) is 0 Å². The molecule has 0 N–H and O–H groups in total. The van der Waals surface area contributed by atoms with Crippen LogP contribution in [0.2, 0.25) is 0 Å². The lowest BCUT2D eigenvalue weighted by Gasteiger charge is -2.37. The summed E-state index contributed by atoms with van der Waals surface area (Å²) in [5, 5.41) is 9.87. The largest absolute Gasteiger partial charge is 0.353 e. The molecule has 2 aliphatic heterocycles. The Kier molecular flexibility index (Phi) is 6.34. The van der Waals surface area contributed by atoms with Crippen LogP contribution in [-0.2, 0) is 24.1 Å². The Morgan fingerprint density at radius 3 is 2.41 bits per heavy atom. The van der Waals surface area contributed by atoms with Crippen molar-refractivity contribution >= 4 is 11.7 Å². The molecule has 0 spiro atoms. The molecule has 1 aliphatic carbocycles. The first-order chi connectivity index (χ1) is 14.2. The van der Waals surface area contributed by atoms with E-state index in [0.717, 1.165) is 95.6 Å². The SMILES string of the molecule is CCCc1nc(N2CCN(CC(=O)N3CCCCC3)CC2)c(C#N)c2c1CCC2. The summed E-state index contributed by atoms with van der Waals surface area (Å²) in [5.74, 6) is 1.16. The van der Waals surface area contributed by atoms with E-state index < -0.39 is 0 Å². The van der Waals surface area contributed by atoms with Gasteiger partial charge in [-0.05, 0) is 56.1 Å². The number of amides is 1. The van der Waals surface area contributed by atoms with E-state index in [2.05, 4.69) is 22.8 Å². The van der Waals surface area contributed by atoms with Crippen molar-refractivity contribution in [3.8, 4) is 6.07 Å². The van der Waals surface area contributed by atoms with E-state index in [-0.39, 0.29) is 5.91 Å². The third-order valence-electron chi connectivity index (χ3n) is 6.67. The molecule has 0 bridgehead atoms. The monoisotopic (exact) mass is 395 g/mol. The molecule has 0 atom stereocenters. The van der Waals surface area contributed by atoms with Crippen LogP contribution >= 0.6 is 0 Å². The van der Waals surface area contributed by atoms with Crippen molar-refractivity contribution in [3.63, 3.8) is 0 Å². The zero-order valence-corrected chi connectivity index (χ0v) is 17.8. The Morgan fingerprint density at radius 2 is 1.72 bits per heavy atom. The zero-order chi connectivity index (χ0) is 20.2. The van der Waals surface area contributed by atoms with Crippen LogP contribution in [0.5, 0.6) is 0 Å². The number of carbonyl (C=O) groups excluding carboxylic acids is 1. The van der Waals surface area contributed by atoms with E-state index in [1.54, 1.807) is 0 Å². The summed E-state index contributed by atoms with van der Waals surface area (Å²) in [5.41, 5.74) is 4.61. The van der Waals surface area contributed by atoms with Gasteiger partial charge in [-0.1, -0.05) is 13.3 Å². The number of hydrogen-bond donors (Lipinski definition) is 0. The molecule has 0 radical (unpaired) electrons. The molecule has 6 nitrogen and oxygen atoms in total. The molecule has 2 fully saturated rings. The average Bonchev–Trinajstić information content (AvgIpc) is 3.25. The van der Waals surface area contributed by atoms with Crippen molar-refractivity contribution < 1.29 is 4.79 Å². The van der Waals surface area contributed by atoms with Gasteiger partial charge in [0.25, 0.3) is 0 Å². The minimum absolute atomic E-state index is 0.275. The maximum atomic E-state index is 12.6. The van der Waals surface area contributed by atoms with Crippen LogP contribution < -0.4 is 4.90 Å². The van der Waals surface area contributed by atoms with E-state index in [1.807, 2.05) is 4.90 Å². The van der Waals surface area contributed by atoms with Gasteiger partial charge < -0.3 is 9.80 Å². The Labute approximate surface area is 174 Å². The topological polar surface area (TPSA) is 63.5 Å². The maximum absolute atomic E-state index is 12.6. The van der Waals surface area contributed by atoms with Gasteiger partial charge in [0.2, 0.25) is 5.91 Å². The number of fused-ring (bicyclic) bond motifs is 1. The van der Waals surface area contributed by atoms with E-state index >= 15 is 0 Å². The molecular formula is C23H33N5O. The van der Waals surface area contributed by atoms with Crippen LogP contribution in [-0.4, -0.2) is 66.5 Å². The fraction of sp³-hybridized carbons (Fsp3) is 0.696. The second-order valence-electron chi connectivity index (χ2n) is 8.63. The number of likely N-dealkylation sites (tertiary alicyclic amines) is 1. The number of hydrogen-bond acceptors (Lipinski definition) is 5. The average molecular weight is 396 g/mol. The van der Waals surface area contributed by atoms with Crippen molar-refractivity contribution in [3.05, 3.63) is 22.4 Å². The molecular weight excluding hydrogens is 362 g/mol. The first-order valence-electron chi connectivity index (χ1n) is 11.4. The predicted molar refractivity (Wildman–Crippen MR) is 114 cm³/mol. The summed E-state index contributed by atoms with van der Waals surface area (Å²) >= 11 is 0. The Hall–Kier alpha value is -2.13. The van der Waals surface area contributed by atoms with Gasteiger partial charge in [0.1, 0.15) is 11.9 Å². The van der Waals surface area contributed by atoms with E-state index in [1.165, 1.54) is 23.2 Å². The lowest BCUT2D eigenvalue weighted by atomic mass is 10.0. The molecule has 1 aromatic heterocycles. The van der Waals surface area contributed by atoms with Crippen molar-refractivity contribution in [2.75, 3.05) is 50.7 Å². The number of aryl methyl sites for hydroxylation is 1. The van der Waals surface area contributed by atoms with Crippen LogP contribution in [0, 0.1) is 11.3 Å². The van der Waals surface area contributed by atoms with Gasteiger partial charge in [-0.3, -0.25) is 9.69 Å². The molecule has 0 unspecified atom stereocenters. The van der Waals surface area contributed by atoms with Crippen molar-refractivity contribution in [1.82, 2.24) is 14.8 Å². The molecule has 3 aliphatic rings. The van der Waals surface area contributed by atoms with Gasteiger partial charge in [0.15, 0.2) is 0 Å². The zero-order valence-electron chi connectivity index (χ0n) is 17.8. The highest BCUT2D eigenvalue weighted by atomic mass is 16.2. The number of aromatic nitrogens is 1. The normalized spacial score (nSPS) is 19.9. The third-order valence-corrected chi connectivity index (χ3v) is 6.67. The molecule has 29 heavy (non-hydrogen) atoms. The minimum Gasteiger partial charge on any atom is -0.353 e. The lowest BCUT2D eigenvalue weighted by molar-refractivity contribution is -0.133. The summed E-state index contributed by atoms with van der Waals surface area (Å²) in [7, 11) is 0. The highest BCUT2D eigenvalue weighted by molar-refractivity contribution is 5.78. The number of piperazine rings is 1. The second kappa shape index (κ2) is 9.13. The van der Waals surface area contributed by atoms with Gasteiger partial charge in [0, 0.05) is 45.0 Å². The number of carbonyl (C=O) groups is 1. The molecule has 2 saturated heterocycles. The van der Waals surface area contributed by atoms with Gasteiger partial charge in [-0.25, -0.2) is 4.98 Å². The van der Waals surface area contributed by atoms with Crippen LogP contribution in [0.1, 0.15) is 61.4 Å². The number of nitriles is 1. The lowest BCUT2D eigenvalue weighted by Crippen LogP contribution is -2.51. The fourth-order valence-corrected chi connectivity index (χ4v) is 5.07. The Bertz CT molecular complexity index is 785. The summed E-state index contributed by atoms with van der Waals surface area (Å²) in [6.45, 7) is 7.93. The first-order valence-corrected chi connectivity index (χ1v) is 11.4. The molecule has 156 valence electrons. The predicted octanol–water partition coefficient (Wildman–Crippen LogP) is 2.53. The number of nitrogens with zero attached hydrogens (tertiary/aromatic N) is 5. The molecule has 3 heterocycles. The summed E-state index contributed by atoms with van der Waals surface area (Å²) < 4.78 is 0. The second-order valence-corrected chi connectivity index (χ2v) is 8.63. The summed E-state index contributed by atoms with van der Waals surface area (Å²) in [6, 6.07) is 2.47. The fourth-order valence-electron chi connectivity index (χ4n) is 5.07. The van der Waals surface area contributed by atoms with Gasteiger partial charge in [-0.15, -0.1) is 0 Å². The minimum atomic E-state index is 0.275. The number of anilines is 1. The number of piperidine rings is 1. The van der Waals surface area contributed by atoms with E-state index in [9.17, 15) is 10.1 Å². The van der Waals surface area contributed by atoms with Gasteiger partial charge in [0.05, 0.1) is 12.1 Å². The molecule has 6 heteroatoms. The highest BCUT2D eigenvalue weighted by Crippen LogP contribution is 2.33. The molecule has 0 saturated carbocycles. The highest BCUT2D eigenvalue weighted by Gasteiger charge is 2.28. The van der Waals surface area contributed by atoms with Gasteiger partial charge in [-0.2, -0.15) is 5.26 Å². The first kappa shape index (κ1) is 20.2. The van der Waals surface area contributed by atoms with Gasteiger partial charge >= 0.3 is 0 Å². The maximum Gasteiger partial charge on any atom is 0.236 e. The molecule has 1 amide bonds. The van der Waals surface area contributed by atoms with E-state index in [4.69, 9.17) is 4.98 Å². The van der Waals surface area contributed by atoms with Crippen LogP contribution in [0.3, 0.4) is 0 Å². The van der Waals surface area contributed by atoms with E-state index in [0.29, 0.717) is 6.54 Å². The Balaban J connectivity index is 1.44.